The number of carbonyl (C=O) groups excluding carboxylic acids is 2. The molecule has 1 aliphatic heterocycles. The second-order valence-electron chi connectivity index (χ2n) is 6.53. The first-order valence-corrected chi connectivity index (χ1v) is 8.48. The molecule has 3 amide bonds. The van der Waals surface area contributed by atoms with Crippen molar-refractivity contribution in [1.29, 1.82) is 0 Å². The Kier molecular flexibility index (Phi) is 4.64. The maximum Gasteiger partial charge on any atom is 0.325 e. The maximum atomic E-state index is 12.8. The fourth-order valence-electron chi connectivity index (χ4n) is 3.63. The third-order valence-electron chi connectivity index (χ3n) is 5.14. The van der Waals surface area contributed by atoms with Crippen LogP contribution in [0.4, 0.5) is 4.79 Å². The molecule has 1 heterocycles. The SMILES string of the molecule is COc1ccc(OCCN2C(=O)N[C@]3(CCCC[C@@H]3C)C2=O)cc1. The average molecular weight is 332 g/mol. The zero-order valence-corrected chi connectivity index (χ0v) is 14.2. The lowest BCUT2D eigenvalue weighted by Crippen LogP contribution is -2.54. The largest absolute Gasteiger partial charge is 0.497 e. The molecular formula is C18H24N2O4. The zero-order chi connectivity index (χ0) is 17.2. The molecular weight excluding hydrogens is 308 g/mol. The third-order valence-corrected chi connectivity index (χ3v) is 5.14. The molecule has 2 aliphatic rings. The van der Waals surface area contributed by atoms with E-state index in [4.69, 9.17) is 9.47 Å². The van der Waals surface area contributed by atoms with Gasteiger partial charge in [0.15, 0.2) is 0 Å². The molecule has 1 spiro atoms. The monoisotopic (exact) mass is 332 g/mol. The van der Waals surface area contributed by atoms with Gasteiger partial charge in [-0.1, -0.05) is 19.8 Å². The van der Waals surface area contributed by atoms with E-state index in [-0.39, 0.29) is 31.0 Å². The number of nitrogens with zero attached hydrogens (tertiary/aromatic N) is 1. The van der Waals surface area contributed by atoms with E-state index in [1.165, 1.54) is 4.90 Å². The molecule has 24 heavy (non-hydrogen) atoms. The van der Waals surface area contributed by atoms with Gasteiger partial charge in [0, 0.05) is 0 Å². The highest BCUT2D eigenvalue weighted by molar-refractivity contribution is 6.07. The van der Waals surface area contributed by atoms with Crippen LogP contribution >= 0.6 is 0 Å². The highest BCUT2D eigenvalue weighted by atomic mass is 16.5. The number of methoxy groups -OCH3 is 1. The normalized spacial score (nSPS) is 26.6. The number of benzene rings is 1. The summed E-state index contributed by atoms with van der Waals surface area (Å²) in [6.07, 6.45) is 3.80. The highest BCUT2D eigenvalue weighted by Gasteiger charge is 2.54. The Hall–Kier alpha value is -2.24. The third kappa shape index (κ3) is 2.92. The number of rotatable bonds is 5. The fourth-order valence-corrected chi connectivity index (χ4v) is 3.63. The van der Waals surface area contributed by atoms with Crippen LogP contribution in [0.25, 0.3) is 0 Å². The first kappa shape index (κ1) is 16.6. The summed E-state index contributed by atoms with van der Waals surface area (Å²) in [5.74, 6) is 1.52. The molecule has 2 atom stereocenters. The molecule has 1 aliphatic carbocycles. The minimum atomic E-state index is -0.699. The Bertz CT molecular complexity index is 616. The smallest absolute Gasteiger partial charge is 0.325 e. The van der Waals surface area contributed by atoms with E-state index in [0.29, 0.717) is 5.75 Å². The van der Waals surface area contributed by atoms with Crippen molar-refractivity contribution < 1.29 is 19.1 Å². The van der Waals surface area contributed by atoms with E-state index >= 15 is 0 Å². The van der Waals surface area contributed by atoms with Crippen LogP contribution in [-0.2, 0) is 4.79 Å². The van der Waals surface area contributed by atoms with Crippen molar-refractivity contribution in [3.05, 3.63) is 24.3 Å². The summed E-state index contributed by atoms with van der Waals surface area (Å²) in [6.45, 7) is 2.58. The molecule has 1 saturated carbocycles. The average Bonchev–Trinajstić information content (AvgIpc) is 2.83. The van der Waals surface area contributed by atoms with E-state index in [1.54, 1.807) is 19.2 Å². The second kappa shape index (κ2) is 6.71. The quantitative estimate of drug-likeness (QED) is 0.842. The predicted molar refractivity (Wildman–Crippen MR) is 89.1 cm³/mol. The lowest BCUT2D eigenvalue weighted by Gasteiger charge is -2.36. The number of amides is 3. The molecule has 1 saturated heterocycles. The van der Waals surface area contributed by atoms with E-state index in [2.05, 4.69) is 12.2 Å². The van der Waals surface area contributed by atoms with E-state index in [1.807, 2.05) is 12.1 Å². The van der Waals surface area contributed by atoms with E-state index in [0.717, 1.165) is 31.4 Å². The summed E-state index contributed by atoms with van der Waals surface area (Å²) in [4.78, 5) is 26.3. The highest BCUT2D eigenvalue weighted by Crippen LogP contribution is 2.38. The lowest BCUT2D eigenvalue weighted by molar-refractivity contribution is -0.134. The number of nitrogens with one attached hydrogen (secondary N) is 1. The molecule has 1 aromatic carbocycles. The van der Waals surface area contributed by atoms with Gasteiger partial charge in [0.2, 0.25) is 0 Å². The van der Waals surface area contributed by atoms with E-state index < -0.39 is 5.54 Å². The molecule has 1 N–H and O–H groups in total. The summed E-state index contributed by atoms with van der Waals surface area (Å²) in [6, 6.07) is 6.92. The molecule has 6 nitrogen and oxygen atoms in total. The summed E-state index contributed by atoms with van der Waals surface area (Å²) in [5, 5.41) is 2.95. The number of imide groups is 1. The molecule has 1 aromatic rings. The minimum Gasteiger partial charge on any atom is -0.497 e. The molecule has 0 aromatic heterocycles. The molecule has 0 radical (unpaired) electrons. The van der Waals surface area contributed by atoms with E-state index in [9.17, 15) is 9.59 Å². The Balaban J connectivity index is 1.58. The van der Waals surface area contributed by atoms with Gasteiger partial charge >= 0.3 is 6.03 Å². The van der Waals surface area contributed by atoms with Gasteiger partial charge in [-0.25, -0.2) is 4.79 Å². The second-order valence-corrected chi connectivity index (χ2v) is 6.53. The van der Waals surface area contributed by atoms with Crippen LogP contribution in [0.1, 0.15) is 32.6 Å². The van der Waals surface area contributed by atoms with Gasteiger partial charge in [-0.3, -0.25) is 9.69 Å². The van der Waals surface area contributed by atoms with Crippen LogP contribution in [0.5, 0.6) is 11.5 Å². The van der Waals surface area contributed by atoms with Crippen molar-refractivity contribution in [2.24, 2.45) is 5.92 Å². The van der Waals surface area contributed by atoms with Crippen molar-refractivity contribution in [2.75, 3.05) is 20.3 Å². The fraction of sp³-hybridized carbons (Fsp3) is 0.556. The number of carbonyl (C=O) groups is 2. The van der Waals surface area contributed by atoms with Crippen molar-refractivity contribution in [2.45, 2.75) is 38.1 Å². The van der Waals surface area contributed by atoms with Gasteiger partial charge in [-0.15, -0.1) is 0 Å². The van der Waals surface area contributed by atoms with Gasteiger partial charge in [0.1, 0.15) is 23.6 Å². The van der Waals surface area contributed by atoms with Crippen molar-refractivity contribution in [1.82, 2.24) is 10.2 Å². The summed E-state index contributed by atoms with van der Waals surface area (Å²) >= 11 is 0. The summed E-state index contributed by atoms with van der Waals surface area (Å²) < 4.78 is 10.7. The molecule has 6 heteroatoms. The van der Waals surface area contributed by atoms with Crippen LogP contribution in [0.2, 0.25) is 0 Å². The number of hydrogen-bond acceptors (Lipinski definition) is 4. The van der Waals surface area contributed by atoms with Crippen LogP contribution < -0.4 is 14.8 Å². The molecule has 3 rings (SSSR count). The molecule has 130 valence electrons. The summed E-state index contributed by atoms with van der Waals surface area (Å²) in [7, 11) is 1.61. The predicted octanol–water partition coefficient (Wildman–Crippen LogP) is 2.57. The molecule has 2 fully saturated rings. The Morgan fingerprint density at radius 1 is 1.21 bits per heavy atom. The Morgan fingerprint density at radius 3 is 2.58 bits per heavy atom. The number of urea groups is 1. The first-order valence-electron chi connectivity index (χ1n) is 8.48. The van der Waals surface area contributed by atoms with Gasteiger partial charge < -0.3 is 14.8 Å². The van der Waals surface area contributed by atoms with Crippen molar-refractivity contribution >= 4 is 11.9 Å². The molecule has 0 bridgehead atoms. The van der Waals surface area contributed by atoms with Gasteiger partial charge in [-0.2, -0.15) is 0 Å². The first-order chi connectivity index (χ1) is 11.6. The summed E-state index contributed by atoms with van der Waals surface area (Å²) in [5.41, 5.74) is -0.699. The zero-order valence-electron chi connectivity index (χ0n) is 14.2. The van der Waals surface area contributed by atoms with Crippen LogP contribution in [0.3, 0.4) is 0 Å². The number of hydrogen-bond donors (Lipinski definition) is 1. The topological polar surface area (TPSA) is 67.9 Å². The van der Waals surface area contributed by atoms with Crippen LogP contribution in [0, 0.1) is 5.92 Å². The number of ether oxygens (including phenoxy) is 2. The van der Waals surface area contributed by atoms with Gasteiger partial charge in [0.05, 0.1) is 13.7 Å². The van der Waals surface area contributed by atoms with Crippen molar-refractivity contribution in [3.8, 4) is 11.5 Å². The minimum absolute atomic E-state index is 0.0990. The lowest BCUT2D eigenvalue weighted by atomic mass is 9.73. The van der Waals surface area contributed by atoms with Crippen LogP contribution in [0.15, 0.2) is 24.3 Å². The Labute approximate surface area is 142 Å². The van der Waals surface area contributed by atoms with Gasteiger partial charge in [0.25, 0.3) is 5.91 Å². The van der Waals surface area contributed by atoms with Crippen molar-refractivity contribution in [3.63, 3.8) is 0 Å². The van der Waals surface area contributed by atoms with Gasteiger partial charge in [-0.05, 0) is 43.0 Å². The maximum absolute atomic E-state index is 12.8. The standard InChI is InChI=1S/C18H24N2O4/c1-13-5-3-4-10-18(13)16(21)20(17(22)19-18)11-12-24-15-8-6-14(23-2)7-9-15/h6-9,13H,3-5,10-12H2,1-2H3,(H,19,22)/t13-,18-/m0/s1. The van der Waals surface area contributed by atoms with Crippen LogP contribution in [-0.4, -0.2) is 42.6 Å². The Morgan fingerprint density at radius 2 is 1.92 bits per heavy atom. The molecule has 0 unspecified atom stereocenters.